The second-order valence-corrected chi connectivity index (χ2v) is 6.88. The van der Waals surface area contributed by atoms with Crippen molar-refractivity contribution in [3.63, 3.8) is 0 Å². The van der Waals surface area contributed by atoms with Gasteiger partial charge in [-0.25, -0.2) is 0 Å². The molecule has 0 aliphatic heterocycles. The molecule has 0 saturated heterocycles. The molecule has 0 spiro atoms. The summed E-state index contributed by atoms with van der Waals surface area (Å²) in [4.78, 5) is 25.5. The smallest absolute Gasteiger partial charge is 0.313 e. The maximum absolute atomic E-state index is 12.1. The first kappa shape index (κ1) is 16.4. The van der Waals surface area contributed by atoms with Gasteiger partial charge in [0.25, 0.3) is 0 Å². The van der Waals surface area contributed by atoms with Crippen molar-refractivity contribution in [2.45, 2.75) is 12.8 Å². The fraction of sp³-hybridized carbons (Fsp3) is 0.389. The Morgan fingerprint density at radius 3 is 2.58 bits per heavy atom. The molecule has 1 aromatic carbocycles. The van der Waals surface area contributed by atoms with Crippen LogP contribution in [0.4, 0.5) is 5.69 Å². The van der Waals surface area contributed by atoms with E-state index in [0.717, 1.165) is 12.0 Å². The van der Waals surface area contributed by atoms with Gasteiger partial charge in [0.15, 0.2) is 0 Å². The molecule has 4 rings (SSSR count). The Balaban J connectivity index is 1.29. The van der Waals surface area contributed by atoms with Gasteiger partial charge < -0.3 is 10.6 Å². The monoisotopic (exact) mass is 352 g/mol. The van der Waals surface area contributed by atoms with Crippen molar-refractivity contribution >= 4 is 17.5 Å². The van der Waals surface area contributed by atoms with Crippen LogP contribution in [0, 0.1) is 17.8 Å². The van der Waals surface area contributed by atoms with Crippen molar-refractivity contribution in [1.29, 1.82) is 0 Å². The molecule has 2 aliphatic carbocycles. The largest absolute Gasteiger partial charge is 0.348 e. The molecule has 2 N–H and O–H groups in total. The molecular weight excluding hydrogens is 332 g/mol. The molecule has 134 valence electrons. The number of tetrazole rings is 1. The summed E-state index contributed by atoms with van der Waals surface area (Å²) in [6.07, 6.45) is 6.77. The first-order chi connectivity index (χ1) is 12.6. The van der Waals surface area contributed by atoms with Gasteiger partial charge in [-0.2, -0.15) is 4.80 Å². The summed E-state index contributed by atoms with van der Waals surface area (Å²) in [6, 6.07) is 6.95. The summed E-state index contributed by atoms with van der Waals surface area (Å²) in [7, 11) is 1.69. The number of amides is 2. The Hall–Kier alpha value is -3.03. The molecule has 2 aromatic rings. The second-order valence-electron chi connectivity index (χ2n) is 6.88. The van der Waals surface area contributed by atoms with Gasteiger partial charge in [0.05, 0.1) is 7.05 Å². The van der Waals surface area contributed by atoms with Gasteiger partial charge in [0.1, 0.15) is 0 Å². The first-order valence-electron chi connectivity index (χ1n) is 8.70. The molecule has 0 unspecified atom stereocenters. The van der Waals surface area contributed by atoms with Gasteiger partial charge in [-0.15, -0.1) is 10.2 Å². The summed E-state index contributed by atoms with van der Waals surface area (Å²) in [5, 5.41) is 17.2. The third-order valence-electron chi connectivity index (χ3n) is 5.06. The van der Waals surface area contributed by atoms with Crippen molar-refractivity contribution in [2.24, 2.45) is 24.8 Å². The Kier molecular flexibility index (Phi) is 4.24. The summed E-state index contributed by atoms with van der Waals surface area (Å²) < 4.78 is 0. The van der Waals surface area contributed by atoms with Gasteiger partial charge in [-0.3, -0.25) is 9.59 Å². The number of hydrogen-bond acceptors (Lipinski definition) is 5. The highest BCUT2D eigenvalue weighted by Gasteiger charge is 2.35. The fourth-order valence-electron chi connectivity index (χ4n) is 3.72. The van der Waals surface area contributed by atoms with E-state index in [1.165, 1.54) is 11.2 Å². The van der Waals surface area contributed by atoms with E-state index in [-0.39, 0.29) is 0 Å². The zero-order valence-electron chi connectivity index (χ0n) is 14.4. The lowest BCUT2D eigenvalue weighted by molar-refractivity contribution is -0.136. The first-order valence-corrected chi connectivity index (χ1v) is 8.70. The number of nitrogens with one attached hydrogen (secondary N) is 2. The lowest BCUT2D eigenvalue weighted by atomic mass is 9.94. The minimum absolute atomic E-state index is 0.445. The summed E-state index contributed by atoms with van der Waals surface area (Å²) in [5.74, 6) is 0.887. The Morgan fingerprint density at radius 1 is 1.15 bits per heavy atom. The third kappa shape index (κ3) is 3.35. The molecule has 1 heterocycles. The molecule has 8 heteroatoms. The molecule has 8 nitrogen and oxygen atoms in total. The zero-order valence-corrected chi connectivity index (χ0v) is 14.4. The minimum atomic E-state index is -0.658. The number of aryl methyl sites for hydroxylation is 1. The van der Waals surface area contributed by atoms with Crippen molar-refractivity contribution in [1.82, 2.24) is 25.5 Å². The number of hydrogen-bond donors (Lipinski definition) is 2. The summed E-state index contributed by atoms with van der Waals surface area (Å²) in [6.45, 7) is 0.551. The van der Waals surface area contributed by atoms with Gasteiger partial charge in [-0.05, 0) is 60.1 Å². The molecule has 26 heavy (non-hydrogen) atoms. The molecule has 0 radical (unpaired) electrons. The second kappa shape index (κ2) is 6.70. The van der Waals surface area contributed by atoms with Gasteiger partial charge in [0, 0.05) is 17.8 Å². The van der Waals surface area contributed by atoms with Crippen LogP contribution in [0.2, 0.25) is 0 Å². The highest BCUT2D eigenvalue weighted by Crippen LogP contribution is 2.42. The van der Waals surface area contributed by atoms with E-state index in [2.05, 4.69) is 38.2 Å². The molecule has 1 fully saturated rings. The van der Waals surface area contributed by atoms with Crippen LogP contribution in [0.5, 0.6) is 0 Å². The predicted octanol–water partition coefficient (Wildman–Crippen LogP) is 1.14. The standard InChI is InChI=1S/C18H20N6O2/c1-24-22-16(21-23-24)12-4-6-15(7-5-12)20-18(26)17(25)19-10-14-9-11-2-3-13(14)8-11/h2-7,11,13-14H,8-10H2,1H3,(H,19,25)(H,20,26)/t11-,13-,14+/m0/s1. The Labute approximate surface area is 150 Å². The van der Waals surface area contributed by atoms with Crippen LogP contribution in [0.25, 0.3) is 11.4 Å². The molecule has 1 aromatic heterocycles. The van der Waals surface area contributed by atoms with Gasteiger partial charge in [0.2, 0.25) is 5.82 Å². The highest BCUT2D eigenvalue weighted by molar-refractivity contribution is 6.39. The van der Waals surface area contributed by atoms with E-state index in [0.29, 0.717) is 35.8 Å². The number of carbonyl (C=O) groups is 2. The summed E-state index contributed by atoms with van der Waals surface area (Å²) >= 11 is 0. The fourth-order valence-corrected chi connectivity index (χ4v) is 3.72. The SMILES string of the molecule is Cn1nnc(-c2ccc(NC(=O)C(=O)NC[C@H]3C[C@H]4C=C[C@H]3C4)cc2)n1. The van der Waals surface area contributed by atoms with E-state index in [9.17, 15) is 9.59 Å². The molecule has 2 amide bonds. The molecule has 3 atom stereocenters. The normalized spacial score (nSPS) is 23.2. The van der Waals surface area contributed by atoms with Crippen LogP contribution < -0.4 is 10.6 Å². The van der Waals surface area contributed by atoms with E-state index in [1.807, 2.05) is 0 Å². The maximum Gasteiger partial charge on any atom is 0.313 e. The van der Waals surface area contributed by atoms with Gasteiger partial charge in [-0.1, -0.05) is 12.2 Å². The number of carbonyl (C=O) groups excluding carboxylic acids is 2. The summed E-state index contributed by atoms with van der Waals surface area (Å²) in [5.41, 5.74) is 1.32. The topological polar surface area (TPSA) is 102 Å². The van der Waals surface area contributed by atoms with Crippen LogP contribution in [-0.2, 0) is 16.6 Å². The third-order valence-corrected chi connectivity index (χ3v) is 5.06. The van der Waals surface area contributed by atoms with Crippen molar-refractivity contribution in [2.75, 3.05) is 11.9 Å². The average molecular weight is 352 g/mol. The molecule has 1 saturated carbocycles. The average Bonchev–Trinajstić information content (AvgIpc) is 3.37. The van der Waals surface area contributed by atoms with E-state index in [1.54, 1.807) is 31.3 Å². The zero-order chi connectivity index (χ0) is 18.1. The van der Waals surface area contributed by atoms with Crippen LogP contribution >= 0.6 is 0 Å². The molecule has 2 bridgehead atoms. The van der Waals surface area contributed by atoms with Crippen molar-refractivity contribution in [3.05, 3.63) is 36.4 Å². The predicted molar refractivity (Wildman–Crippen MR) is 94.7 cm³/mol. The number of fused-ring (bicyclic) bond motifs is 2. The number of rotatable bonds is 4. The van der Waals surface area contributed by atoms with E-state index < -0.39 is 11.8 Å². The van der Waals surface area contributed by atoms with Crippen LogP contribution in [-0.4, -0.2) is 38.6 Å². The van der Waals surface area contributed by atoms with Crippen LogP contribution in [0.3, 0.4) is 0 Å². The maximum atomic E-state index is 12.1. The van der Waals surface area contributed by atoms with Crippen molar-refractivity contribution < 1.29 is 9.59 Å². The Bertz CT molecular complexity index is 857. The number of nitrogens with zero attached hydrogens (tertiary/aromatic N) is 4. The highest BCUT2D eigenvalue weighted by atomic mass is 16.2. The van der Waals surface area contributed by atoms with Crippen molar-refractivity contribution in [3.8, 4) is 11.4 Å². The lowest BCUT2D eigenvalue weighted by Crippen LogP contribution is -2.38. The lowest BCUT2D eigenvalue weighted by Gasteiger charge is -2.18. The number of aromatic nitrogens is 4. The molecule has 2 aliphatic rings. The molecular formula is C18H20N6O2. The quantitative estimate of drug-likeness (QED) is 0.635. The minimum Gasteiger partial charge on any atom is -0.348 e. The van der Waals surface area contributed by atoms with Crippen LogP contribution in [0.15, 0.2) is 36.4 Å². The number of anilines is 1. The number of allylic oxidation sites excluding steroid dienone is 2. The van der Waals surface area contributed by atoms with E-state index >= 15 is 0 Å². The van der Waals surface area contributed by atoms with Gasteiger partial charge >= 0.3 is 11.8 Å². The number of benzene rings is 1. The van der Waals surface area contributed by atoms with Crippen LogP contribution in [0.1, 0.15) is 12.8 Å². The van der Waals surface area contributed by atoms with E-state index in [4.69, 9.17) is 0 Å². The Morgan fingerprint density at radius 2 is 1.96 bits per heavy atom.